The highest BCUT2D eigenvalue weighted by Crippen LogP contribution is 2.32. The summed E-state index contributed by atoms with van der Waals surface area (Å²) >= 11 is 17.8. The summed E-state index contributed by atoms with van der Waals surface area (Å²) in [6.45, 7) is 6.41. The minimum Gasteiger partial charge on any atom is -0.484 e. The van der Waals surface area contributed by atoms with Crippen LogP contribution in [0.3, 0.4) is 0 Å². The van der Waals surface area contributed by atoms with Gasteiger partial charge in [0.25, 0.3) is 5.91 Å². The Kier molecular flexibility index (Phi) is 6.61. The third-order valence-corrected chi connectivity index (χ3v) is 5.21. The zero-order valence-corrected chi connectivity index (χ0v) is 16.6. The van der Waals surface area contributed by atoms with Gasteiger partial charge in [0.15, 0.2) is 6.61 Å². The molecule has 1 amide bonds. The summed E-state index contributed by atoms with van der Waals surface area (Å²) in [6.07, 6.45) is 1.04. The van der Waals surface area contributed by atoms with Crippen LogP contribution in [0.15, 0.2) is 36.4 Å². The smallest absolute Gasteiger partial charge is 0.262 e. The van der Waals surface area contributed by atoms with Gasteiger partial charge in [-0.25, -0.2) is 0 Å². The zero-order chi connectivity index (χ0) is 18.6. The molecule has 25 heavy (non-hydrogen) atoms. The fourth-order valence-corrected chi connectivity index (χ4v) is 2.75. The van der Waals surface area contributed by atoms with Gasteiger partial charge in [-0.2, -0.15) is 0 Å². The summed E-state index contributed by atoms with van der Waals surface area (Å²) in [5.41, 5.74) is 1.74. The molecular formula is C19H20Cl3NO2. The molecule has 2 rings (SSSR count). The molecule has 0 saturated heterocycles. The number of halogens is 3. The van der Waals surface area contributed by atoms with E-state index in [0.29, 0.717) is 26.5 Å². The van der Waals surface area contributed by atoms with Crippen molar-refractivity contribution < 1.29 is 9.53 Å². The van der Waals surface area contributed by atoms with Crippen LogP contribution in [0.4, 0.5) is 5.69 Å². The van der Waals surface area contributed by atoms with Gasteiger partial charge in [0, 0.05) is 0 Å². The monoisotopic (exact) mass is 399 g/mol. The van der Waals surface area contributed by atoms with E-state index in [1.807, 2.05) is 24.3 Å². The van der Waals surface area contributed by atoms with Crippen molar-refractivity contribution in [1.82, 2.24) is 0 Å². The van der Waals surface area contributed by atoms with E-state index in [-0.39, 0.29) is 17.9 Å². The highest BCUT2D eigenvalue weighted by atomic mass is 35.5. The molecule has 0 aliphatic carbocycles. The minimum atomic E-state index is -0.335. The highest BCUT2D eigenvalue weighted by Gasteiger charge is 2.17. The predicted molar refractivity (Wildman–Crippen MR) is 105 cm³/mol. The van der Waals surface area contributed by atoms with Gasteiger partial charge in [0.05, 0.1) is 20.8 Å². The zero-order valence-electron chi connectivity index (χ0n) is 14.3. The molecule has 0 bridgehead atoms. The Morgan fingerprint density at radius 3 is 2.24 bits per heavy atom. The van der Waals surface area contributed by atoms with Crippen molar-refractivity contribution in [2.24, 2.45) is 0 Å². The average Bonchev–Trinajstić information content (AvgIpc) is 2.58. The fourth-order valence-electron chi connectivity index (χ4n) is 2.16. The van der Waals surface area contributed by atoms with E-state index in [2.05, 4.69) is 26.1 Å². The van der Waals surface area contributed by atoms with Gasteiger partial charge >= 0.3 is 0 Å². The molecule has 2 aromatic rings. The summed E-state index contributed by atoms with van der Waals surface area (Å²) < 4.78 is 5.52. The van der Waals surface area contributed by atoms with Gasteiger partial charge in [-0.3, -0.25) is 4.79 Å². The first kappa shape index (κ1) is 19.9. The van der Waals surface area contributed by atoms with E-state index in [0.717, 1.165) is 6.42 Å². The van der Waals surface area contributed by atoms with Crippen molar-refractivity contribution in [1.29, 1.82) is 0 Å². The predicted octanol–water partition coefficient (Wildman–Crippen LogP) is 6.35. The van der Waals surface area contributed by atoms with Crippen LogP contribution >= 0.6 is 34.8 Å². The number of carbonyl (C=O) groups excluding carboxylic acids is 1. The van der Waals surface area contributed by atoms with E-state index in [1.54, 1.807) is 0 Å². The molecule has 1 N–H and O–H groups in total. The lowest BCUT2D eigenvalue weighted by Crippen LogP contribution is -2.20. The number of hydrogen-bond donors (Lipinski definition) is 1. The summed E-state index contributed by atoms with van der Waals surface area (Å²) in [4.78, 5) is 12.0. The number of hydrogen-bond acceptors (Lipinski definition) is 2. The molecule has 0 spiro atoms. The Hall–Kier alpha value is -1.42. The Morgan fingerprint density at radius 1 is 1.04 bits per heavy atom. The molecule has 0 atom stereocenters. The Balaban J connectivity index is 1.95. The van der Waals surface area contributed by atoms with Gasteiger partial charge < -0.3 is 10.1 Å². The third-order valence-electron chi connectivity index (χ3n) is 4.17. The van der Waals surface area contributed by atoms with Gasteiger partial charge in [-0.15, -0.1) is 0 Å². The first-order chi connectivity index (χ1) is 11.7. The quantitative estimate of drug-likeness (QED) is 0.573. The number of amides is 1. The van der Waals surface area contributed by atoms with Crippen molar-refractivity contribution in [2.45, 2.75) is 32.6 Å². The molecule has 2 aromatic carbocycles. The van der Waals surface area contributed by atoms with E-state index in [1.165, 1.54) is 17.7 Å². The van der Waals surface area contributed by atoms with Gasteiger partial charge in [0.2, 0.25) is 0 Å². The largest absolute Gasteiger partial charge is 0.484 e. The maximum atomic E-state index is 12.0. The van der Waals surface area contributed by atoms with Crippen LogP contribution in [-0.4, -0.2) is 12.5 Å². The lowest BCUT2D eigenvalue weighted by atomic mass is 9.82. The topological polar surface area (TPSA) is 38.3 Å². The van der Waals surface area contributed by atoms with Crippen LogP contribution in [0.25, 0.3) is 0 Å². The molecule has 0 saturated carbocycles. The summed E-state index contributed by atoms with van der Waals surface area (Å²) in [5, 5.41) is 3.61. The summed E-state index contributed by atoms with van der Waals surface area (Å²) in [5.74, 6) is 0.296. The van der Waals surface area contributed by atoms with Crippen LogP contribution in [-0.2, 0) is 10.2 Å². The van der Waals surface area contributed by atoms with Gasteiger partial charge in [0.1, 0.15) is 5.75 Å². The number of carbonyl (C=O) groups is 1. The van der Waals surface area contributed by atoms with E-state index >= 15 is 0 Å². The van der Waals surface area contributed by atoms with Crippen LogP contribution in [0.5, 0.6) is 5.75 Å². The first-order valence-corrected chi connectivity index (χ1v) is 9.04. The molecule has 0 fully saturated rings. The Morgan fingerprint density at radius 2 is 1.64 bits per heavy atom. The van der Waals surface area contributed by atoms with E-state index < -0.39 is 0 Å². The molecule has 0 aliphatic rings. The normalized spacial score (nSPS) is 11.3. The SMILES string of the molecule is CCC(C)(C)c1ccc(OCC(=O)Nc2cc(Cl)c(Cl)cc2Cl)cc1. The standard InChI is InChI=1S/C19H20Cl3NO2/c1-4-19(2,3)12-5-7-13(8-6-12)25-11-18(24)23-17-10-15(21)14(20)9-16(17)22/h5-10H,4,11H2,1-3H3,(H,23,24). The van der Waals surface area contributed by atoms with Crippen LogP contribution < -0.4 is 10.1 Å². The molecule has 0 unspecified atom stereocenters. The van der Waals surface area contributed by atoms with Crippen molar-refractivity contribution in [3.05, 3.63) is 57.0 Å². The molecule has 0 heterocycles. The summed E-state index contributed by atoms with van der Waals surface area (Å²) in [7, 11) is 0. The number of ether oxygens (including phenoxy) is 1. The van der Waals surface area contributed by atoms with Crippen molar-refractivity contribution in [2.75, 3.05) is 11.9 Å². The number of rotatable bonds is 6. The lowest BCUT2D eigenvalue weighted by Gasteiger charge is -2.23. The molecule has 6 heteroatoms. The second kappa shape index (κ2) is 8.31. The van der Waals surface area contributed by atoms with Crippen molar-refractivity contribution >= 4 is 46.4 Å². The molecule has 0 aliphatic heterocycles. The first-order valence-electron chi connectivity index (χ1n) is 7.90. The molecule has 3 nitrogen and oxygen atoms in total. The van der Waals surface area contributed by atoms with Gasteiger partial charge in [-0.05, 0) is 41.7 Å². The van der Waals surface area contributed by atoms with E-state index in [9.17, 15) is 4.79 Å². The van der Waals surface area contributed by atoms with Crippen molar-refractivity contribution in [3.63, 3.8) is 0 Å². The maximum absolute atomic E-state index is 12.0. The molecule has 0 aromatic heterocycles. The van der Waals surface area contributed by atoms with Crippen LogP contribution in [0, 0.1) is 0 Å². The fraction of sp³-hybridized carbons (Fsp3) is 0.316. The second-order valence-electron chi connectivity index (χ2n) is 6.34. The van der Waals surface area contributed by atoms with Crippen LogP contribution in [0.2, 0.25) is 15.1 Å². The average molecular weight is 401 g/mol. The lowest BCUT2D eigenvalue weighted by molar-refractivity contribution is -0.118. The number of benzene rings is 2. The summed E-state index contributed by atoms with van der Waals surface area (Å²) in [6, 6.07) is 10.8. The van der Waals surface area contributed by atoms with Crippen molar-refractivity contribution in [3.8, 4) is 5.75 Å². The number of nitrogens with one attached hydrogen (secondary N) is 1. The van der Waals surface area contributed by atoms with Gasteiger partial charge in [-0.1, -0.05) is 67.7 Å². The van der Waals surface area contributed by atoms with Crippen LogP contribution in [0.1, 0.15) is 32.8 Å². The Bertz CT molecular complexity index is 758. The molecular weight excluding hydrogens is 381 g/mol. The van der Waals surface area contributed by atoms with E-state index in [4.69, 9.17) is 39.5 Å². The Labute approximate surface area is 163 Å². The second-order valence-corrected chi connectivity index (χ2v) is 7.57. The molecule has 0 radical (unpaired) electrons. The third kappa shape index (κ3) is 5.27. The maximum Gasteiger partial charge on any atom is 0.262 e. The minimum absolute atomic E-state index is 0.112. The molecule has 134 valence electrons. The highest BCUT2D eigenvalue weighted by molar-refractivity contribution is 6.44. The number of anilines is 1.